The molecule has 0 aliphatic heterocycles. The van der Waals surface area contributed by atoms with E-state index < -0.39 is 0 Å². The summed E-state index contributed by atoms with van der Waals surface area (Å²) in [5.74, 6) is 1.26. The Morgan fingerprint density at radius 2 is 1.71 bits per heavy atom. The van der Waals surface area contributed by atoms with Crippen LogP contribution in [-0.2, 0) is 4.79 Å². The zero-order valence-corrected chi connectivity index (χ0v) is 22.3. The highest BCUT2D eigenvalue weighted by Crippen LogP contribution is 2.29. The van der Waals surface area contributed by atoms with Crippen LogP contribution in [0.1, 0.15) is 12.5 Å². The van der Waals surface area contributed by atoms with Crippen molar-refractivity contribution >= 4 is 45.8 Å². The Balaban J connectivity index is 1.33. The number of carbonyl (C=O) groups is 1. The molecule has 0 saturated heterocycles. The van der Waals surface area contributed by atoms with E-state index in [4.69, 9.17) is 16.3 Å². The van der Waals surface area contributed by atoms with E-state index in [9.17, 15) is 4.79 Å². The molecule has 5 rings (SSSR count). The number of thioether (sulfide) groups is 1. The number of benzene rings is 4. The van der Waals surface area contributed by atoms with Crippen LogP contribution in [0.2, 0.25) is 5.02 Å². The van der Waals surface area contributed by atoms with Gasteiger partial charge in [0, 0.05) is 16.3 Å². The van der Waals surface area contributed by atoms with Crippen molar-refractivity contribution in [3.05, 3.63) is 102 Å². The molecule has 1 heterocycles. The summed E-state index contributed by atoms with van der Waals surface area (Å²) in [5, 5.41) is 16.6. The van der Waals surface area contributed by atoms with Gasteiger partial charge in [0.05, 0.1) is 18.6 Å². The third kappa shape index (κ3) is 5.72. The van der Waals surface area contributed by atoms with Gasteiger partial charge in [-0.1, -0.05) is 59.8 Å². The molecule has 5 aromatic rings. The lowest BCUT2D eigenvalue weighted by Crippen LogP contribution is -2.21. The number of methoxy groups -OCH3 is 1. The first-order valence-corrected chi connectivity index (χ1v) is 13.2. The van der Waals surface area contributed by atoms with Gasteiger partial charge in [0.15, 0.2) is 11.0 Å². The van der Waals surface area contributed by atoms with Crippen LogP contribution in [0, 0.1) is 0 Å². The highest BCUT2D eigenvalue weighted by molar-refractivity contribution is 7.99. The molecule has 0 unspecified atom stereocenters. The average Bonchev–Trinajstić information content (AvgIpc) is 3.39. The molecule has 0 aliphatic carbocycles. The minimum absolute atomic E-state index is 0.114. The molecule has 38 heavy (non-hydrogen) atoms. The van der Waals surface area contributed by atoms with Gasteiger partial charge < -0.3 is 4.74 Å². The summed E-state index contributed by atoms with van der Waals surface area (Å²) in [7, 11) is 1.62. The third-order valence-corrected chi connectivity index (χ3v) is 7.10. The SMILES string of the molecule is COc1ccc(-c2nnc(SCC(=O)N/N=C(/C)c3ccc4ccccc4c3)n2-c2ccc(Cl)cc2)cc1. The van der Waals surface area contributed by atoms with Crippen molar-refractivity contribution in [3.8, 4) is 22.8 Å². The topological polar surface area (TPSA) is 81.4 Å². The number of amides is 1. The Hall–Kier alpha value is -4.14. The molecule has 0 atom stereocenters. The van der Waals surface area contributed by atoms with Gasteiger partial charge >= 0.3 is 0 Å². The number of nitrogens with one attached hydrogen (secondary N) is 1. The summed E-state index contributed by atoms with van der Waals surface area (Å²) in [4.78, 5) is 12.7. The van der Waals surface area contributed by atoms with E-state index in [1.807, 2.05) is 72.2 Å². The van der Waals surface area contributed by atoms with E-state index in [0.29, 0.717) is 16.0 Å². The number of hydrazone groups is 1. The molecule has 4 aromatic carbocycles. The van der Waals surface area contributed by atoms with E-state index in [1.54, 1.807) is 19.2 Å². The number of hydrogen-bond acceptors (Lipinski definition) is 6. The lowest BCUT2D eigenvalue weighted by molar-refractivity contribution is -0.118. The summed E-state index contributed by atoms with van der Waals surface area (Å²) in [5.41, 5.74) is 6.02. The van der Waals surface area contributed by atoms with Crippen LogP contribution in [0.25, 0.3) is 27.8 Å². The van der Waals surface area contributed by atoms with E-state index in [2.05, 4.69) is 38.9 Å². The van der Waals surface area contributed by atoms with E-state index in [0.717, 1.165) is 39.0 Å². The van der Waals surface area contributed by atoms with Gasteiger partial charge in [-0.3, -0.25) is 9.36 Å². The molecule has 0 spiro atoms. The van der Waals surface area contributed by atoms with Crippen LogP contribution < -0.4 is 10.2 Å². The molecule has 1 amide bonds. The largest absolute Gasteiger partial charge is 0.497 e. The first-order valence-electron chi connectivity index (χ1n) is 11.8. The zero-order valence-electron chi connectivity index (χ0n) is 20.8. The number of aromatic nitrogens is 3. The van der Waals surface area contributed by atoms with Gasteiger partial charge in [-0.15, -0.1) is 10.2 Å². The second kappa shape index (κ2) is 11.5. The fourth-order valence-electron chi connectivity index (χ4n) is 3.90. The molecule has 0 fully saturated rings. The maximum Gasteiger partial charge on any atom is 0.250 e. The summed E-state index contributed by atoms with van der Waals surface area (Å²) in [6, 6.07) is 29.2. The van der Waals surface area contributed by atoms with E-state index >= 15 is 0 Å². The maximum absolute atomic E-state index is 12.7. The Kier molecular flexibility index (Phi) is 7.72. The highest BCUT2D eigenvalue weighted by atomic mass is 35.5. The summed E-state index contributed by atoms with van der Waals surface area (Å²) in [6.45, 7) is 1.87. The lowest BCUT2D eigenvalue weighted by atomic mass is 10.0. The van der Waals surface area contributed by atoms with E-state index in [1.165, 1.54) is 11.8 Å². The van der Waals surface area contributed by atoms with Crippen molar-refractivity contribution in [1.82, 2.24) is 20.2 Å². The second-order valence-corrected chi connectivity index (χ2v) is 9.81. The van der Waals surface area contributed by atoms with Gasteiger partial charge in [0.25, 0.3) is 5.91 Å². The summed E-state index contributed by atoms with van der Waals surface area (Å²) < 4.78 is 7.18. The van der Waals surface area contributed by atoms with Crippen LogP contribution >= 0.6 is 23.4 Å². The number of rotatable bonds is 8. The quantitative estimate of drug-likeness (QED) is 0.140. The molecule has 190 valence electrons. The van der Waals surface area contributed by atoms with Gasteiger partial charge in [-0.05, 0) is 77.9 Å². The Morgan fingerprint density at radius 3 is 2.45 bits per heavy atom. The zero-order chi connectivity index (χ0) is 26.5. The third-order valence-electron chi connectivity index (χ3n) is 5.91. The monoisotopic (exact) mass is 541 g/mol. The normalized spacial score (nSPS) is 11.5. The minimum Gasteiger partial charge on any atom is -0.497 e. The Labute approximate surface area is 229 Å². The van der Waals surface area contributed by atoms with Crippen molar-refractivity contribution in [1.29, 1.82) is 0 Å². The van der Waals surface area contributed by atoms with Gasteiger partial charge in [-0.2, -0.15) is 5.10 Å². The highest BCUT2D eigenvalue weighted by Gasteiger charge is 2.17. The Bertz CT molecular complexity index is 1610. The maximum atomic E-state index is 12.7. The predicted octanol–water partition coefficient (Wildman–Crippen LogP) is 6.38. The molecular weight excluding hydrogens is 518 g/mol. The molecule has 0 radical (unpaired) electrons. The number of fused-ring (bicyclic) bond motifs is 1. The molecule has 9 heteroatoms. The second-order valence-electron chi connectivity index (χ2n) is 8.43. The van der Waals surface area contributed by atoms with Gasteiger partial charge in [0.1, 0.15) is 5.75 Å². The molecule has 1 aromatic heterocycles. The molecule has 1 N–H and O–H groups in total. The number of halogens is 1. The smallest absolute Gasteiger partial charge is 0.250 e. The summed E-state index contributed by atoms with van der Waals surface area (Å²) >= 11 is 7.39. The fraction of sp³-hybridized carbons (Fsp3) is 0.103. The summed E-state index contributed by atoms with van der Waals surface area (Å²) in [6.07, 6.45) is 0. The Morgan fingerprint density at radius 1 is 0.974 bits per heavy atom. The van der Waals surface area contributed by atoms with E-state index in [-0.39, 0.29) is 11.7 Å². The number of ether oxygens (including phenoxy) is 1. The van der Waals surface area contributed by atoms with Gasteiger partial charge in [-0.25, -0.2) is 5.43 Å². The van der Waals surface area contributed by atoms with Crippen molar-refractivity contribution in [2.45, 2.75) is 12.1 Å². The number of carbonyl (C=O) groups excluding carboxylic acids is 1. The first-order chi connectivity index (χ1) is 18.5. The van der Waals surface area contributed by atoms with Gasteiger partial charge in [0.2, 0.25) is 0 Å². The van der Waals surface area contributed by atoms with Crippen molar-refractivity contribution in [2.75, 3.05) is 12.9 Å². The average molecular weight is 542 g/mol. The predicted molar refractivity (Wildman–Crippen MR) is 153 cm³/mol. The van der Waals surface area contributed by atoms with Crippen LogP contribution in [0.4, 0.5) is 0 Å². The molecular formula is C29H24ClN5O2S. The minimum atomic E-state index is -0.244. The van der Waals surface area contributed by atoms with Crippen LogP contribution in [0.3, 0.4) is 0 Å². The lowest BCUT2D eigenvalue weighted by Gasteiger charge is -2.11. The van der Waals surface area contributed by atoms with Crippen LogP contribution in [0.5, 0.6) is 5.75 Å². The van der Waals surface area contributed by atoms with Crippen molar-refractivity contribution in [2.24, 2.45) is 5.10 Å². The number of hydrogen-bond donors (Lipinski definition) is 1. The molecule has 0 saturated carbocycles. The van der Waals surface area contributed by atoms with Crippen molar-refractivity contribution in [3.63, 3.8) is 0 Å². The molecule has 0 aliphatic rings. The fourth-order valence-corrected chi connectivity index (χ4v) is 4.77. The molecule has 0 bridgehead atoms. The van der Waals surface area contributed by atoms with Crippen LogP contribution in [-0.4, -0.2) is 39.2 Å². The standard InChI is InChI=1S/C29H24ClN5O2S/c1-19(22-8-7-20-5-3-4-6-23(20)17-22)31-32-27(36)18-38-29-34-33-28(21-9-15-26(37-2)16-10-21)35(29)25-13-11-24(30)12-14-25/h3-17H,18H2,1-2H3,(H,32,36)/b31-19-. The number of nitrogens with zero attached hydrogens (tertiary/aromatic N) is 4. The first kappa shape index (κ1) is 25.5. The van der Waals surface area contributed by atoms with Crippen molar-refractivity contribution < 1.29 is 9.53 Å². The molecule has 7 nitrogen and oxygen atoms in total. The van der Waals surface area contributed by atoms with Crippen LogP contribution in [0.15, 0.2) is 101 Å².